The number of benzene rings is 1. The smallest absolute Gasteiger partial charge is 0.234 e. The van der Waals surface area contributed by atoms with E-state index in [4.69, 9.17) is 9.16 Å². The molecule has 0 unspecified atom stereocenters. The summed E-state index contributed by atoms with van der Waals surface area (Å²) in [4.78, 5) is 24.0. The fourth-order valence-electron chi connectivity index (χ4n) is 3.65. The molecule has 0 amide bonds. The Kier molecular flexibility index (Phi) is 6.15. The van der Waals surface area contributed by atoms with Crippen molar-refractivity contribution in [2.24, 2.45) is 0 Å². The molecule has 1 aliphatic heterocycles. The number of Topliss-reactive ketones (excluding diaryl/α,β-unsaturated/α-hetero) is 1. The SMILES string of the molecule is Cc1nc(N(C)c2ccccc2)n2ncc([C@H]3CC(=O)[C@@H](CO[Si](C)(C)C(C)(C)C)O3)c2n1. The minimum atomic E-state index is -1.97. The summed E-state index contributed by atoms with van der Waals surface area (Å²) in [6, 6.07) is 9.97. The number of para-hydroxylation sites is 1. The van der Waals surface area contributed by atoms with E-state index in [1.165, 1.54) is 0 Å². The number of ether oxygens (including phenoxy) is 1. The van der Waals surface area contributed by atoms with Crippen molar-refractivity contribution in [1.82, 2.24) is 19.6 Å². The monoisotopic (exact) mass is 467 g/mol. The Morgan fingerprint density at radius 2 is 1.91 bits per heavy atom. The normalized spacial score (nSPS) is 19.4. The summed E-state index contributed by atoms with van der Waals surface area (Å²) in [7, 11) is -0.0224. The summed E-state index contributed by atoms with van der Waals surface area (Å²) in [6.45, 7) is 13.1. The minimum absolute atomic E-state index is 0.0606. The maximum atomic E-state index is 12.8. The van der Waals surface area contributed by atoms with Crippen molar-refractivity contribution in [2.45, 2.75) is 64.5 Å². The Bertz CT molecular complexity index is 1160. The van der Waals surface area contributed by atoms with Gasteiger partial charge in [-0.2, -0.15) is 14.6 Å². The first-order chi connectivity index (χ1) is 15.5. The molecule has 1 fully saturated rings. The van der Waals surface area contributed by atoms with Crippen LogP contribution in [0.4, 0.5) is 11.6 Å². The van der Waals surface area contributed by atoms with Gasteiger partial charge in [-0.25, -0.2) is 4.98 Å². The molecule has 1 saturated heterocycles. The number of aryl methyl sites for hydroxylation is 1. The number of fused-ring (bicyclic) bond motifs is 1. The average molecular weight is 468 g/mol. The minimum Gasteiger partial charge on any atom is -0.414 e. The summed E-state index contributed by atoms with van der Waals surface area (Å²) < 4.78 is 14.2. The summed E-state index contributed by atoms with van der Waals surface area (Å²) >= 11 is 0. The van der Waals surface area contributed by atoms with Gasteiger partial charge in [0.1, 0.15) is 11.9 Å². The predicted octanol–water partition coefficient (Wildman–Crippen LogP) is 4.62. The Morgan fingerprint density at radius 3 is 2.58 bits per heavy atom. The van der Waals surface area contributed by atoms with Gasteiger partial charge in [0.25, 0.3) is 0 Å². The lowest BCUT2D eigenvalue weighted by Gasteiger charge is -2.36. The third-order valence-electron chi connectivity index (χ3n) is 6.76. The van der Waals surface area contributed by atoms with E-state index < -0.39 is 20.5 Å². The second-order valence-corrected chi connectivity index (χ2v) is 15.0. The molecule has 2 atom stereocenters. The van der Waals surface area contributed by atoms with Crippen molar-refractivity contribution in [3.05, 3.63) is 47.9 Å². The van der Waals surface area contributed by atoms with Crippen LogP contribution in [0.5, 0.6) is 0 Å². The van der Waals surface area contributed by atoms with Gasteiger partial charge in [-0.15, -0.1) is 0 Å². The van der Waals surface area contributed by atoms with Crippen LogP contribution in [-0.4, -0.2) is 53.4 Å². The van der Waals surface area contributed by atoms with Crippen LogP contribution in [0, 0.1) is 6.92 Å². The molecule has 0 aliphatic carbocycles. The number of ketones is 1. The molecule has 0 spiro atoms. The lowest BCUT2D eigenvalue weighted by molar-refractivity contribution is -0.124. The second kappa shape index (κ2) is 8.62. The molecule has 0 N–H and O–H groups in total. The maximum absolute atomic E-state index is 12.8. The van der Waals surface area contributed by atoms with E-state index in [2.05, 4.69) is 48.9 Å². The van der Waals surface area contributed by atoms with E-state index in [0.29, 0.717) is 30.4 Å². The summed E-state index contributed by atoms with van der Waals surface area (Å²) in [5.41, 5.74) is 2.44. The van der Waals surface area contributed by atoms with Crippen molar-refractivity contribution in [3.63, 3.8) is 0 Å². The van der Waals surface area contributed by atoms with Crippen LogP contribution < -0.4 is 4.90 Å². The largest absolute Gasteiger partial charge is 0.414 e. The molecule has 33 heavy (non-hydrogen) atoms. The summed E-state index contributed by atoms with van der Waals surface area (Å²) in [5.74, 6) is 1.34. The van der Waals surface area contributed by atoms with E-state index >= 15 is 0 Å². The van der Waals surface area contributed by atoms with Crippen molar-refractivity contribution < 1.29 is 14.0 Å². The second-order valence-electron chi connectivity index (χ2n) is 10.2. The number of nitrogens with zero attached hydrogens (tertiary/aromatic N) is 5. The first-order valence-electron chi connectivity index (χ1n) is 11.3. The van der Waals surface area contributed by atoms with E-state index in [1.54, 1.807) is 10.7 Å². The van der Waals surface area contributed by atoms with Crippen molar-refractivity contribution >= 4 is 31.4 Å². The number of aromatic nitrogens is 4. The molecule has 0 saturated carbocycles. The van der Waals surface area contributed by atoms with Crippen LogP contribution in [0.2, 0.25) is 18.1 Å². The number of carbonyl (C=O) groups is 1. The van der Waals surface area contributed by atoms with Crippen LogP contribution in [-0.2, 0) is 14.0 Å². The molecule has 1 aromatic carbocycles. The molecule has 1 aliphatic rings. The number of carbonyl (C=O) groups excluding carboxylic acids is 1. The van der Waals surface area contributed by atoms with Gasteiger partial charge in [0.05, 0.1) is 18.9 Å². The van der Waals surface area contributed by atoms with Crippen LogP contribution in [0.1, 0.15) is 44.7 Å². The van der Waals surface area contributed by atoms with Crippen molar-refractivity contribution in [3.8, 4) is 0 Å². The van der Waals surface area contributed by atoms with Crippen LogP contribution in [0.25, 0.3) is 5.65 Å². The topological polar surface area (TPSA) is 81.9 Å². The fraction of sp³-hybridized carbons (Fsp3) is 0.500. The van der Waals surface area contributed by atoms with Crippen molar-refractivity contribution in [1.29, 1.82) is 0 Å². The Morgan fingerprint density at radius 1 is 1.21 bits per heavy atom. The van der Waals surface area contributed by atoms with E-state index in [-0.39, 0.29) is 10.8 Å². The maximum Gasteiger partial charge on any atom is 0.234 e. The molecular formula is C24H33N5O3Si. The van der Waals surface area contributed by atoms with Crippen LogP contribution in [0.3, 0.4) is 0 Å². The molecule has 0 bridgehead atoms. The summed E-state index contributed by atoms with van der Waals surface area (Å²) in [6.07, 6.45) is 1.07. The van der Waals surface area contributed by atoms with Gasteiger partial charge in [0.2, 0.25) is 5.95 Å². The van der Waals surface area contributed by atoms with Gasteiger partial charge in [-0.05, 0) is 37.2 Å². The predicted molar refractivity (Wildman–Crippen MR) is 130 cm³/mol. The van der Waals surface area contributed by atoms with Crippen LogP contribution in [0.15, 0.2) is 36.5 Å². The van der Waals surface area contributed by atoms with Gasteiger partial charge >= 0.3 is 0 Å². The zero-order valence-electron chi connectivity index (χ0n) is 20.5. The highest BCUT2D eigenvalue weighted by atomic mass is 28.4. The molecule has 3 heterocycles. The molecule has 4 rings (SSSR count). The first-order valence-corrected chi connectivity index (χ1v) is 14.2. The first kappa shape index (κ1) is 23.5. The van der Waals surface area contributed by atoms with Gasteiger partial charge in [-0.3, -0.25) is 4.79 Å². The quantitative estimate of drug-likeness (QED) is 0.489. The number of rotatable bonds is 6. The van der Waals surface area contributed by atoms with Gasteiger partial charge in [0.15, 0.2) is 19.7 Å². The molecule has 3 aromatic rings. The van der Waals surface area contributed by atoms with Crippen LogP contribution >= 0.6 is 0 Å². The van der Waals surface area contributed by atoms with Gasteiger partial charge in [0, 0.05) is 24.7 Å². The zero-order valence-corrected chi connectivity index (χ0v) is 21.5. The van der Waals surface area contributed by atoms with E-state index in [1.807, 2.05) is 49.2 Å². The van der Waals surface area contributed by atoms with E-state index in [0.717, 1.165) is 11.3 Å². The highest BCUT2D eigenvalue weighted by Gasteiger charge is 2.41. The Hall–Kier alpha value is -2.62. The Balaban J connectivity index is 1.58. The number of hydrogen-bond acceptors (Lipinski definition) is 7. The molecule has 2 aromatic heterocycles. The highest BCUT2D eigenvalue weighted by molar-refractivity contribution is 6.74. The lowest BCUT2D eigenvalue weighted by Crippen LogP contribution is -2.43. The lowest BCUT2D eigenvalue weighted by atomic mass is 10.1. The third-order valence-corrected chi connectivity index (χ3v) is 11.3. The van der Waals surface area contributed by atoms with Gasteiger partial charge < -0.3 is 14.1 Å². The standard InChI is InChI=1S/C24H33N5O3Si/c1-16-26-22-18(14-25-29(22)23(27-16)28(5)17-11-9-8-10-12-17)20-13-19(30)21(32-20)15-31-33(6,7)24(2,3)4/h8-12,14,20-21H,13,15H2,1-7H3/t20-,21-/m1/s1. The molecule has 176 valence electrons. The molecule has 0 radical (unpaired) electrons. The third kappa shape index (κ3) is 4.57. The van der Waals surface area contributed by atoms with E-state index in [9.17, 15) is 4.79 Å². The Labute approximate surface area is 196 Å². The molecular weight excluding hydrogens is 434 g/mol. The number of anilines is 2. The number of hydrogen-bond donors (Lipinski definition) is 0. The zero-order chi connectivity index (χ0) is 24.0. The fourth-order valence-corrected chi connectivity index (χ4v) is 4.65. The summed E-state index contributed by atoms with van der Waals surface area (Å²) in [5, 5.41) is 4.63. The van der Waals surface area contributed by atoms with Crippen molar-refractivity contribution in [2.75, 3.05) is 18.6 Å². The highest BCUT2D eigenvalue weighted by Crippen LogP contribution is 2.38. The average Bonchev–Trinajstić information content (AvgIpc) is 3.34. The van der Waals surface area contributed by atoms with Gasteiger partial charge in [-0.1, -0.05) is 39.0 Å². The molecule has 8 nitrogen and oxygen atoms in total. The molecule has 9 heteroatoms.